The highest BCUT2D eigenvalue weighted by Gasteiger charge is 2.12. The number of rotatable bonds is 5. The number of pyridine rings is 1. The summed E-state index contributed by atoms with van der Waals surface area (Å²) in [7, 11) is 0. The van der Waals surface area contributed by atoms with Crippen molar-refractivity contribution in [2.75, 3.05) is 11.9 Å². The predicted molar refractivity (Wildman–Crippen MR) is 70.5 cm³/mol. The summed E-state index contributed by atoms with van der Waals surface area (Å²) in [5.74, 6) is -0.436. The number of amides is 2. The predicted octanol–water partition coefficient (Wildman–Crippen LogP) is 0.867. The first-order valence-electron chi connectivity index (χ1n) is 5.88. The van der Waals surface area contributed by atoms with Gasteiger partial charge in [0.15, 0.2) is 5.69 Å². The normalized spacial score (nSPS) is 10.0. The molecule has 4 N–H and O–H groups in total. The molecule has 0 fully saturated rings. The van der Waals surface area contributed by atoms with Gasteiger partial charge in [0, 0.05) is 31.6 Å². The van der Waals surface area contributed by atoms with Crippen LogP contribution in [0.5, 0.6) is 0 Å². The van der Waals surface area contributed by atoms with Gasteiger partial charge in [0.2, 0.25) is 0 Å². The molecule has 20 heavy (non-hydrogen) atoms. The number of aromatic nitrogens is 3. The molecule has 0 bridgehead atoms. The Kier molecular flexibility index (Phi) is 4.28. The van der Waals surface area contributed by atoms with Crippen molar-refractivity contribution in [3.63, 3.8) is 0 Å². The molecule has 2 heterocycles. The molecule has 0 aliphatic rings. The second-order valence-corrected chi connectivity index (χ2v) is 3.87. The van der Waals surface area contributed by atoms with Gasteiger partial charge in [-0.3, -0.25) is 0 Å². The smallest absolute Gasteiger partial charge is 0.356 e. The molecule has 0 aromatic carbocycles. The highest BCUT2D eigenvalue weighted by Crippen LogP contribution is 2.11. The van der Waals surface area contributed by atoms with E-state index in [9.17, 15) is 9.59 Å². The van der Waals surface area contributed by atoms with Crippen LogP contribution >= 0.6 is 0 Å². The molecule has 0 aliphatic carbocycles. The van der Waals surface area contributed by atoms with Crippen molar-refractivity contribution >= 4 is 17.7 Å². The topological polar surface area (TPSA) is 120 Å². The van der Waals surface area contributed by atoms with Crippen molar-refractivity contribution in [2.45, 2.75) is 6.42 Å². The van der Waals surface area contributed by atoms with E-state index in [1.165, 1.54) is 12.3 Å². The standard InChI is InChI=1S/C12H13N5O3/c18-11(19)10-8(2-1-4-15-10)17-12(20)16-5-3-9-13-6-7-14-9/h1-2,4,6-7H,3,5H2,(H,13,14)(H,18,19)(H2,16,17,20). The molecule has 0 saturated carbocycles. The second-order valence-electron chi connectivity index (χ2n) is 3.87. The number of imidazole rings is 1. The van der Waals surface area contributed by atoms with Crippen LogP contribution in [-0.4, -0.2) is 38.6 Å². The van der Waals surface area contributed by atoms with Gasteiger partial charge in [-0.1, -0.05) is 0 Å². The van der Waals surface area contributed by atoms with Crippen LogP contribution in [0.25, 0.3) is 0 Å². The maximum Gasteiger partial charge on any atom is 0.356 e. The number of nitrogens with zero attached hydrogens (tertiary/aromatic N) is 2. The zero-order valence-electron chi connectivity index (χ0n) is 10.5. The first kappa shape index (κ1) is 13.5. The molecular formula is C12H13N5O3. The Morgan fingerprint density at radius 2 is 2.15 bits per heavy atom. The molecule has 8 nitrogen and oxygen atoms in total. The molecule has 2 aromatic rings. The fraction of sp³-hybridized carbons (Fsp3) is 0.167. The van der Waals surface area contributed by atoms with Crippen molar-refractivity contribution in [3.8, 4) is 0 Å². The van der Waals surface area contributed by atoms with Gasteiger partial charge in [-0.15, -0.1) is 0 Å². The Balaban J connectivity index is 1.87. The molecule has 104 valence electrons. The van der Waals surface area contributed by atoms with E-state index < -0.39 is 12.0 Å². The Morgan fingerprint density at radius 1 is 1.30 bits per heavy atom. The van der Waals surface area contributed by atoms with E-state index in [-0.39, 0.29) is 11.4 Å². The summed E-state index contributed by atoms with van der Waals surface area (Å²) in [5.41, 5.74) is -0.0517. The third kappa shape index (κ3) is 3.55. The Morgan fingerprint density at radius 3 is 2.85 bits per heavy atom. The number of urea groups is 1. The minimum absolute atomic E-state index is 0.149. The van der Waals surface area contributed by atoms with Crippen molar-refractivity contribution in [2.24, 2.45) is 0 Å². The number of anilines is 1. The highest BCUT2D eigenvalue weighted by atomic mass is 16.4. The fourth-order valence-corrected chi connectivity index (χ4v) is 1.57. The first-order chi connectivity index (χ1) is 9.66. The summed E-state index contributed by atoms with van der Waals surface area (Å²) in [6.45, 7) is 0.377. The molecule has 0 unspecified atom stereocenters. The Hall–Kier alpha value is -2.90. The third-order valence-corrected chi connectivity index (χ3v) is 2.46. The maximum absolute atomic E-state index is 11.6. The van der Waals surface area contributed by atoms with Crippen LogP contribution in [0.15, 0.2) is 30.7 Å². The third-order valence-electron chi connectivity index (χ3n) is 2.46. The molecule has 2 amide bonds. The minimum atomic E-state index is -1.20. The van der Waals surface area contributed by atoms with Gasteiger partial charge in [-0.2, -0.15) is 0 Å². The van der Waals surface area contributed by atoms with Crippen LogP contribution in [0.4, 0.5) is 10.5 Å². The number of aromatic carboxylic acids is 1. The summed E-state index contributed by atoms with van der Waals surface area (Å²) in [4.78, 5) is 33.2. The van der Waals surface area contributed by atoms with Crippen molar-refractivity contribution in [1.82, 2.24) is 20.3 Å². The second kappa shape index (κ2) is 6.32. The number of carbonyl (C=O) groups excluding carboxylic acids is 1. The molecule has 0 atom stereocenters. The molecule has 2 rings (SSSR count). The first-order valence-corrected chi connectivity index (χ1v) is 5.88. The van der Waals surface area contributed by atoms with E-state index in [1.54, 1.807) is 18.5 Å². The fourth-order valence-electron chi connectivity index (χ4n) is 1.57. The van der Waals surface area contributed by atoms with Crippen LogP contribution in [0, 0.1) is 0 Å². The largest absolute Gasteiger partial charge is 0.476 e. The zero-order valence-corrected chi connectivity index (χ0v) is 10.5. The van der Waals surface area contributed by atoms with Gasteiger partial charge in [-0.25, -0.2) is 19.6 Å². The number of H-pyrrole nitrogens is 1. The van der Waals surface area contributed by atoms with Crippen molar-refractivity contribution in [1.29, 1.82) is 0 Å². The molecule has 2 aromatic heterocycles. The van der Waals surface area contributed by atoms with Crippen LogP contribution in [0.1, 0.15) is 16.3 Å². The van der Waals surface area contributed by atoms with E-state index in [0.29, 0.717) is 13.0 Å². The van der Waals surface area contributed by atoms with E-state index in [1.807, 2.05) is 0 Å². The Labute approximate surface area is 114 Å². The number of nitrogens with one attached hydrogen (secondary N) is 3. The number of carboxylic acids is 1. The molecular weight excluding hydrogens is 262 g/mol. The summed E-state index contributed by atoms with van der Waals surface area (Å²) in [6, 6.07) is 2.53. The molecule has 0 saturated heterocycles. The average molecular weight is 275 g/mol. The molecule has 0 aliphatic heterocycles. The van der Waals surface area contributed by atoms with Gasteiger partial charge in [0.05, 0.1) is 5.69 Å². The van der Waals surface area contributed by atoms with Gasteiger partial charge < -0.3 is 20.7 Å². The minimum Gasteiger partial charge on any atom is -0.476 e. The lowest BCUT2D eigenvalue weighted by Gasteiger charge is -2.08. The lowest BCUT2D eigenvalue weighted by Crippen LogP contribution is -2.31. The van der Waals surface area contributed by atoms with E-state index in [4.69, 9.17) is 5.11 Å². The molecule has 0 spiro atoms. The van der Waals surface area contributed by atoms with Gasteiger partial charge in [0.25, 0.3) is 0 Å². The Bertz CT molecular complexity index is 597. The molecule has 0 radical (unpaired) electrons. The van der Waals surface area contributed by atoms with E-state index in [2.05, 4.69) is 25.6 Å². The van der Waals surface area contributed by atoms with E-state index >= 15 is 0 Å². The lowest BCUT2D eigenvalue weighted by atomic mass is 10.3. The zero-order chi connectivity index (χ0) is 14.4. The quantitative estimate of drug-likeness (QED) is 0.645. The van der Waals surface area contributed by atoms with Crippen molar-refractivity contribution < 1.29 is 14.7 Å². The SMILES string of the molecule is O=C(NCCc1ncc[nH]1)Nc1cccnc1C(=O)O. The summed E-state index contributed by atoms with van der Waals surface area (Å²) >= 11 is 0. The van der Waals surface area contributed by atoms with E-state index in [0.717, 1.165) is 5.82 Å². The van der Waals surface area contributed by atoms with Crippen LogP contribution in [-0.2, 0) is 6.42 Å². The van der Waals surface area contributed by atoms with Gasteiger partial charge >= 0.3 is 12.0 Å². The summed E-state index contributed by atoms with van der Waals surface area (Å²) in [5, 5.41) is 14.0. The van der Waals surface area contributed by atoms with Crippen LogP contribution in [0.3, 0.4) is 0 Å². The van der Waals surface area contributed by atoms with Crippen LogP contribution < -0.4 is 10.6 Å². The number of aromatic amines is 1. The average Bonchev–Trinajstić information content (AvgIpc) is 2.92. The van der Waals surface area contributed by atoms with Crippen molar-refractivity contribution in [3.05, 3.63) is 42.2 Å². The maximum atomic E-state index is 11.6. The van der Waals surface area contributed by atoms with Crippen LogP contribution in [0.2, 0.25) is 0 Å². The summed E-state index contributed by atoms with van der Waals surface area (Å²) < 4.78 is 0. The number of hydrogen-bond acceptors (Lipinski definition) is 4. The lowest BCUT2D eigenvalue weighted by molar-refractivity contribution is 0.0692. The molecule has 8 heteroatoms. The number of hydrogen-bond donors (Lipinski definition) is 4. The highest BCUT2D eigenvalue weighted by molar-refractivity contribution is 5.98. The number of carbonyl (C=O) groups is 2. The number of carboxylic acid groups (broad SMARTS) is 1. The monoisotopic (exact) mass is 275 g/mol. The van der Waals surface area contributed by atoms with Gasteiger partial charge in [-0.05, 0) is 12.1 Å². The summed E-state index contributed by atoms with van der Waals surface area (Å²) in [6.07, 6.45) is 5.23. The van der Waals surface area contributed by atoms with Gasteiger partial charge in [0.1, 0.15) is 5.82 Å².